The average Bonchev–Trinajstić information content (AvgIpc) is 3.34. The van der Waals surface area contributed by atoms with Gasteiger partial charge in [0.25, 0.3) is 5.56 Å². The topological polar surface area (TPSA) is 78.4 Å². The molecule has 8 heteroatoms. The van der Waals surface area contributed by atoms with Crippen molar-refractivity contribution in [1.29, 1.82) is 0 Å². The number of amides is 1. The van der Waals surface area contributed by atoms with Crippen molar-refractivity contribution in [3.05, 3.63) is 45.1 Å². The standard InChI is InChI=1S/C19H24N4O3S/c1-27-16-11-22(10-15(16)21-8-4-5-9-21)17(24)12-23-18(25)13-6-2-3-7-14(13)20-19(23)26/h2-3,6-7,15-16H,4-5,8-12H2,1H3,(H,20,26). The molecule has 1 aromatic heterocycles. The minimum absolute atomic E-state index is 0.168. The first-order chi connectivity index (χ1) is 13.1. The predicted octanol–water partition coefficient (Wildman–Crippen LogP) is 0.728. The third-order valence-corrected chi connectivity index (χ3v) is 6.75. The summed E-state index contributed by atoms with van der Waals surface area (Å²) in [6.07, 6.45) is 4.51. The summed E-state index contributed by atoms with van der Waals surface area (Å²) < 4.78 is 1.02. The second kappa shape index (κ2) is 7.52. The third-order valence-electron chi connectivity index (χ3n) is 5.68. The zero-order valence-electron chi connectivity index (χ0n) is 15.4. The zero-order valence-corrected chi connectivity index (χ0v) is 16.2. The highest BCUT2D eigenvalue weighted by molar-refractivity contribution is 7.99. The van der Waals surface area contributed by atoms with Crippen molar-refractivity contribution in [2.24, 2.45) is 0 Å². The number of para-hydroxylation sites is 1. The number of hydrogen-bond acceptors (Lipinski definition) is 5. The lowest BCUT2D eigenvalue weighted by atomic mass is 10.2. The van der Waals surface area contributed by atoms with Crippen LogP contribution in [0.25, 0.3) is 10.9 Å². The second-order valence-electron chi connectivity index (χ2n) is 7.25. The SMILES string of the molecule is CSC1CN(C(=O)Cn2c(=O)[nH]c3ccccc3c2=O)CC1N1CCCC1. The molecule has 2 saturated heterocycles. The molecule has 0 aliphatic carbocycles. The first kappa shape index (κ1) is 18.3. The molecular formula is C19H24N4O3S. The molecule has 1 aromatic carbocycles. The number of rotatable bonds is 4. The van der Waals surface area contributed by atoms with Crippen LogP contribution in [0.5, 0.6) is 0 Å². The summed E-state index contributed by atoms with van der Waals surface area (Å²) >= 11 is 1.79. The summed E-state index contributed by atoms with van der Waals surface area (Å²) in [4.78, 5) is 44.8. The van der Waals surface area contributed by atoms with E-state index in [0.29, 0.717) is 35.3 Å². The fraction of sp³-hybridized carbons (Fsp3) is 0.526. The van der Waals surface area contributed by atoms with Gasteiger partial charge in [-0.2, -0.15) is 11.8 Å². The van der Waals surface area contributed by atoms with Gasteiger partial charge in [0.15, 0.2) is 0 Å². The van der Waals surface area contributed by atoms with E-state index in [0.717, 1.165) is 17.7 Å². The average molecular weight is 388 g/mol. The van der Waals surface area contributed by atoms with Crippen molar-refractivity contribution >= 4 is 28.6 Å². The molecule has 2 aliphatic heterocycles. The Labute approximate surface area is 161 Å². The lowest BCUT2D eigenvalue weighted by Crippen LogP contribution is -2.43. The number of H-pyrrole nitrogens is 1. The summed E-state index contributed by atoms with van der Waals surface area (Å²) in [5.41, 5.74) is -0.461. The molecule has 144 valence electrons. The molecular weight excluding hydrogens is 364 g/mol. The number of carbonyl (C=O) groups excluding carboxylic acids is 1. The number of benzene rings is 1. The molecule has 0 spiro atoms. The van der Waals surface area contributed by atoms with Gasteiger partial charge in [0, 0.05) is 24.4 Å². The summed E-state index contributed by atoms with van der Waals surface area (Å²) in [5.74, 6) is -0.168. The maximum absolute atomic E-state index is 12.9. The number of likely N-dealkylation sites (tertiary alicyclic amines) is 2. The van der Waals surface area contributed by atoms with Crippen LogP contribution in [0.3, 0.4) is 0 Å². The highest BCUT2D eigenvalue weighted by atomic mass is 32.2. The van der Waals surface area contributed by atoms with Crippen molar-refractivity contribution in [3.8, 4) is 0 Å². The molecule has 1 N–H and O–H groups in total. The number of nitrogens with zero attached hydrogens (tertiary/aromatic N) is 3. The van der Waals surface area contributed by atoms with Crippen LogP contribution in [-0.2, 0) is 11.3 Å². The molecule has 0 bridgehead atoms. The number of nitrogens with one attached hydrogen (secondary N) is 1. The van der Waals surface area contributed by atoms with E-state index in [1.54, 1.807) is 36.0 Å². The van der Waals surface area contributed by atoms with Crippen LogP contribution >= 0.6 is 11.8 Å². The van der Waals surface area contributed by atoms with Crippen LogP contribution in [0.2, 0.25) is 0 Å². The van der Waals surface area contributed by atoms with Gasteiger partial charge in [0.05, 0.1) is 10.9 Å². The summed E-state index contributed by atoms with van der Waals surface area (Å²) in [6.45, 7) is 3.31. The molecule has 1 amide bonds. The van der Waals surface area contributed by atoms with Gasteiger partial charge in [-0.05, 0) is 44.3 Å². The number of hydrogen-bond donors (Lipinski definition) is 1. The van der Waals surface area contributed by atoms with Crippen molar-refractivity contribution in [1.82, 2.24) is 19.4 Å². The maximum Gasteiger partial charge on any atom is 0.329 e. The van der Waals surface area contributed by atoms with Crippen molar-refractivity contribution in [3.63, 3.8) is 0 Å². The Kier molecular flexibility index (Phi) is 5.10. The number of carbonyl (C=O) groups is 1. The molecule has 4 rings (SSSR count). The smallest absolute Gasteiger partial charge is 0.329 e. The fourth-order valence-corrected chi connectivity index (χ4v) is 5.10. The maximum atomic E-state index is 12.9. The van der Waals surface area contributed by atoms with Gasteiger partial charge in [-0.25, -0.2) is 4.79 Å². The minimum Gasteiger partial charge on any atom is -0.338 e. The highest BCUT2D eigenvalue weighted by Gasteiger charge is 2.39. The largest absolute Gasteiger partial charge is 0.338 e. The van der Waals surface area contributed by atoms with E-state index >= 15 is 0 Å². The fourth-order valence-electron chi connectivity index (χ4n) is 4.19. The van der Waals surface area contributed by atoms with Crippen LogP contribution < -0.4 is 11.2 Å². The van der Waals surface area contributed by atoms with E-state index in [-0.39, 0.29) is 12.5 Å². The Morgan fingerprint density at radius 2 is 1.93 bits per heavy atom. The van der Waals surface area contributed by atoms with Gasteiger partial charge in [-0.3, -0.25) is 19.1 Å². The van der Waals surface area contributed by atoms with E-state index in [1.165, 1.54) is 12.8 Å². The number of aromatic nitrogens is 2. The van der Waals surface area contributed by atoms with E-state index in [2.05, 4.69) is 16.1 Å². The molecule has 0 radical (unpaired) electrons. The molecule has 2 unspecified atom stereocenters. The summed E-state index contributed by atoms with van der Waals surface area (Å²) in [7, 11) is 0. The van der Waals surface area contributed by atoms with Crippen LogP contribution in [-0.4, -0.2) is 69.0 Å². The Morgan fingerprint density at radius 3 is 2.67 bits per heavy atom. The molecule has 3 heterocycles. The lowest BCUT2D eigenvalue weighted by molar-refractivity contribution is -0.131. The first-order valence-corrected chi connectivity index (χ1v) is 10.6. The van der Waals surface area contributed by atoms with E-state index < -0.39 is 11.2 Å². The first-order valence-electron chi connectivity index (χ1n) is 9.35. The van der Waals surface area contributed by atoms with Crippen LogP contribution in [0.4, 0.5) is 0 Å². The Bertz CT molecular complexity index is 963. The summed E-state index contributed by atoms with van der Waals surface area (Å²) in [5, 5.41) is 0.793. The number of fused-ring (bicyclic) bond motifs is 1. The van der Waals surface area contributed by atoms with Crippen molar-refractivity contribution < 1.29 is 4.79 Å². The molecule has 27 heavy (non-hydrogen) atoms. The van der Waals surface area contributed by atoms with Crippen molar-refractivity contribution in [2.45, 2.75) is 30.7 Å². The van der Waals surface area contributed by atoms with E-state index in [9.17, 15) is 14.4 Å². The Hall–Kier alpha value is -2.06. The lowest BCUT2D eigenvalue weighted by Gasteiger charge is -2.27. The van der Waals surface area contributed by atoms with Gasteiger partial charge in [0.2, 0.25) is 5.91 Å². The molecule has 2 fully saturated rings. The molecule has 7 nitrogen and oxygen atoms in total. The quantitative estimate of drug-likeness (QED) is 0.835. The minimum atomic E-state index is -0.538. The Morgan fingerprint density at radius 1 is 1.19 bits per heavy atom. The second-order valence-corrected chi connectivity index (χ2v) is 8.33. The van der Waals surface area contributed by atoms with E-state index in [4.69, 9.17) is 0 Å². The molecule has 0 saturated carbocycles. The van der Waals surface area contributed by atoms with Crippen LogP contribution in [0.1, 0.15) is 12.8 Å². The highest BCUT2D eigenvalue weighted by Crippen LogP contribution is 2.28. The van der Waals surface area contributed by atoms with E-state index in [1.807, 2.05) is 4.90 Å². The van der Waals surface area contributed by atoms with Crippen LogP contribution in [0.15, 0.2) is 33.9 Å². The Balaban J connectivity index is 1.55. The van der Waals surface area contributed by atoms with Crippen LogP contribution in [0, 0.1) is 0 Å². The van der Waals surface area contributed by atoms with Crippen molar-refractivity contribution in [2.75, 3.05) is 32.4 Å². The molecule has 2 aliphatic rings. The molecule has 2 aromatic rings. The van der Waals surface area contributed by atoms with Gasteiger partial charge in [0.1, 0.15) is 6.54 Å². The number of thioether (sulfide) groups is 1. The van der Waals surface area contributed by atoms with Gasteiger partial charge in [-0.1, -0.05) is 12.1 Å². The third kappa shape index (κ3) is 3.43. The normalized spacial score (nSPS) is 23.4. The van der Waals surface area contributed by atoms with Gasteiger partial charge in [-0.15, -0.1) is 0 Å². The zero-order chi connectivity index (χ0) is 19.0. The van der Waals surface area contributed by atoms with Gasteiger partial charge >= 0.3 is 5.69 Å². The monoisotopic (exact) mass is 388 g/mol. The predicted molar refractivity (Wildman–Crippen MR) is 107 cm³/mol. The molecule has 2 atom stereocenters. The summed E-state index contributed by atoms with van der Waals surface area (Å²) in [6, 6.07) is 7.22. The van der Waals surface area contributed by atoms with Gasteiger partial charge < -0.3 is 9.88 Å². The number of aromatic amines is 1.